The van der Waals surface area contributed by atoms with Crippen molar-refractivity contribution in [3.63, 3.8) is 0 Å². The van der Waals surface area contributed by atoms with Gasteiger partial charge in [-0.25, -0.2) is 4.79 Å². The summed E-state index contributed by atoms with van der Waals surface area (Å²) >= 11 is 0. The average Bonchev–Trinajstić information content (AvgIpc) is 3.11. The maximum absolute atomic E-state index is 13.8. The number of nitrogens with two attached hydrogens (primary N) is 3. The first-order valence-electron chi connectivity index (χ1n) is 18.9. The number of nitrogens with one attached hydrogen (secondary N) is 6. The van der Waals surface area contributed by atoms with E-state index < -0.39 is 115 Å². The van der Waals surface area contributed by atoms with E-state index in [1.807, 2.05) is 0 Å². The van der Waals surface area contributed by atoms with Crippen LogP contribution in [0.4, 0.5) is 0 Å². The van der Waals surface area contributed by atoms with Crippen LogP contribution in [-0.4, -0.2) is 125 Å². The van der Waals surface area contributed by atoms with Crippen molar-refractivity contribution in [3.8, 4) is 0 Å². The highest BCUT2D eigenvalue weighted by Crippen LogP contribution is 2.13. The summed E-state index contributed by atoms with van der Waals surface area (Å²) in [6, 6.07) is -7.98. The van der Waals surface area contributed by atoms with E-state index in [4.69, 9.17) is 17.2 Å². The zero-order valence-corrected chi connectivity index (χ0v) is 32.7. The van der Waals surface area contributed by atoms with Crippen molar-refractivity contribution < 1.29 is 53.7 Å². The number of hydrogen-bond acceptors (Lipinski definition) is 12. The summed E-state index contributed by atoms with van der Waals surface area (Å²) in [4.78, 5) is 103. The first-order chi connectivity index (χ1) is 25.8. The third-order valence-electron chi connectivity index (χ3n) is 8.82. The SMILES string of the molecule is CC[C@H](C)[C@H](NC(=O)[C@H](CCC(=O)O)NC(=O)[C@H](CC(C)C)NC(=O)[C@H](CCCCN)NC(=O)[C@@H](NC(=O)CN)[C@@H](C)O)C(=O)N[C@@H](CCCCN)C(=O)O. The fourth-order valence-corrected chi connectivity index (χ4v) is 5.41. The first-order valence-corrected chi connectivity index (χ1v) is 18.9. The Hall–Kier alpha value is -4.40. The first kappa shape index (κ1) is 50.6. The Morgan fingerprint density at radius 3 is 1.49 bits per heavy atom. The lowest BCUT2D eigenvalue weighted by atomic mass is 9.96. The minimum absolute atomic E-state index is 0.0514. The Labute approximate surface area is 322 Å². The van der Waals surface area contributed by atoms with Crippen LogP contribution < -0.4 is 49.1 Å². The van der Waals surface area contributed by atoms with Crippen molar-refractivity contribution in [2.24, 2.45) is 29.0 Å². The molecular weight excluding hydrogens is 722 g/mol. The fourth-order valence-electron chi connectivity index (χ4n) is 5.41. The Balaban J connectivity index is 6.37. The number of rotatable bonds is 29. The van der Waals surface area contributed by atoms with Gasteiger partial charge in [-0.15, -0.1) is 0 Å². The number of aliphatic hydroxyl groups is 1. The van der Waals surface area contributed by atoms with E-state index in [0.29, 0.717) is 38.6 Å². The van der Waals surface area contributed by atoms with Gasteiger partial charge < -0.3 is 64.4 Å². The average molecular weight is 788 g/mol. The van der Waals surface area contributed by atoms with Crippen LogP contribution in [0.25, 0.3) is 0 Å². The van der Waals surface area contributed by atoms with E-state index in [-0.39, 0.29) is 31.7 Å². The normalized spacial score (nSPS) is 15.5. The summed E-state index contributed by atoms with van der Waals surface area (Å²) in [6.07, 6.45) is 0.142. The largest absolute Gasteiger partial charge is 0.481 e. The van der Waals surface area contributed by atoms with Crippen LogP contribution in [0.5, 0.6) is 0 Å². The summed E-state index contributed by atoms with van der Waals surface area (Å²) in [5, 5.41) is 44.1. The predicted octanol–water partition coefficient (Wildman–Crippen LogP) is -2.47. The van der Waals surface area contributed by atoms with Crippen molar-refractivity contribution in [1.82, 2.24) is 31.9 Å². The van der Waals surface area contributed by atoms with E-state index >= 15 is 0 Å². The minimum atomic E-state index is -1.49. The summed E-state index contributed by atoms with van der Waals surface area (Å²) in [7, 11) is 0. The predicted molar refractivity (Wildman–Crippen MR) is 202 cm³/mol. The second kappa shape index (κ2) is 27.2. The van der Waals surface area contributed by atoms with Gasteiger partial charge in [0.15, 0.2) is 0 Å². The summed E-state index contributed by atoms with van der Waals surface area (Å²) in [5.41, 5.74) is 16.4. The molecule has 0 bridgehead atoms. The highest BCUT2D eigenvalue weighted by atomic mass is 16.4. The molecule has 0 aromatic heterocycles. The van der Waals surface area contributed by atoms with Crippen LogP contribution in [0.15, 0.2) is 0 Å². The molecule has 15 N–H and O–H groups in total. The van der Waals surface area contributed by atoms with Gasteiger partial charge in [0.05, 0.1) is 12.6 Å². The van der Waals surface area contributed by atoms with Gasteiger partial charge in [0.1, 0.15) is 36.3 Å². The third kappa shape index (κ3) is 20.2. The molecule has 8 atom stereocenters. The van der Waals surface area contributed by atoms with Gasteiger partial charge in [-0.05, 0) is 83.2 Å². The Bertz CT molecular complexity index is 1270. The lowest BCUT2D eigenvalue weighted by Crippen LogP contribution is -2.61. The molecule has 20 nitrogen and oxygen atoms in total. The monoisotopic (exact) mass is 787 g/mol. The Morgan fingerprint density at radius 2 is 1.02 bits per heavy atom. The minimum Gasteiger partial charge on any atom is -0.481 e. The molecule has 0 aromatic rings. The Morgan fingerprint density at radius 1 is 0.564 bits per heavy atom. The second-order valence-electron chi connectivity index (χ2n) is 14.1. The van der Waals surface area contributed by atoms with Crippen molar-refractivity contribution in [2.45, 2.75) is 141 Å². The van der Waals surface area contributed by atoms with E-state index in [1.165, 1.54) is 6.92 Å². The van der Waals surface area contributed by atoms with E-state index in [0.717, 1.165) is 0 Å². The molecule has 0 aliphatic rings. The molecule has 55 heavy (non-hydrogen) atoms. The number of hydrogen-bond donors (Lipinski definition) is 12. The Kier molecular flexibility index (Phi) is 25.0. The highest BCUT2D eigenvalue weighted by Gasteiger charge is 2.35. The van der Waals surface area contributed by atoms with E-state index in [1.54, 1.807) is 27.7 Å². The quantitative estimate of drug-likeness (QED) is 0.0350. The van der Waals surface area contributed by atoms with Crippen LogP contribution in [-0.2, 0) is 38.4 Å². The van der Waals surface area contributed by atoms with Crippen molar-refractivity contribution in [1.29, 1.82) is 0 Å². The number of unbranched alkanes of at least 4 members (excludes halogenated alkanes) is 2. The second-order valence-corrected chi connectivity index (χ2v) is 14.1. The van der Waals surface area contributed by atoms with Gasteiger partial charge in [-0.2, -0.15) is 0 Å². The topological polar surface area (TPSA) is 347 Å². The number of carbonyl (C=O) groups is 8. The van der Waals surface area contributed by atoms with Crippen molar-refractivity contribution in [3.05, 3.63) is 0 Å². The van der Waals surface area contributed by atoms with Crippen LogP contribution in [0.3, 0.4) is 0 Å². The van der Waals surface area contributed by atoms with Gasteiger partial charge in [0.25, 0.3) is 0 Å². The van der Waals surface area contributed by atoms with E-state index in [2.05, 4.69) is 31.9 Å². The molecule has 0 saturated heterocycles. The lowest BCUT2D eigenvalue weighted by molar-refractivity contribution is -0.143. The number of carboxylic acid groups (broad SMARTS) is 2. The zero-order valence-electron chi connectivity index (χ0n) is 32.7. The molecule has 0 aliphatic heterocycles. The molecule has 0 unspecified atom stereocenters. The number of carbonyl (C=O) groups excluding carboxylic acids is 6. The number of carboxylic acids is 2. The summed E-state index contributed by atoms with van der Waals surface area (Å²) in [5.74, 6) is -8.18. The van der Waals surface area contributed by atoms with Crippen LogP contribution in [0, 0.1) is 11.8 Å². The molecule has 0 heterocycles. The van der Waals surface area contributed by atoms with Gasteiger partial charge >= 0.3 is 11.9 Å². The van der Waals surface area contributed by atoms with Crippen LogP contribution in [0.1, 0.15) is 98.8 Å². The molecular formula is C35H65N9O11. The number of aliphatic hydroxyl groups excluding tert-OH is 1. The molecule has 0 fully saturated rings. The maximum atomic E-state index is 13.8. The molecule has 0 rings (SSSR count). The molecule has 20 heteroatoms. The van der Waals surface area contributed by atoms with Crippen LogP contribution >= 0.6 is 0 Å². The molecule has 0 spiro atoms. The highest BCUT2D eigenvalue weighted by molar-refractivity contribution is 5.97. The van der Waals surface area contributed by atoms with Gasteiger partial charge in [0.2, 0.25) is 35.4 Å². The molecule has 0 radical (unpaired) electrons. The maximum Gasteiger partial charge on any atom is 0.326 e. The van der Waals surface area contributed by atoms with Gasteiger partial charge in [-0.1, -0.05) is 34.1 Å². The smallest absolute Gasteiger partial charge is 0.326 e. The standard InChI is InChI=1S/C35H65N9O11/c1-6-20(4)28(33(52)41-24(35(54)55)12-8-10-16-37)44-31(50)23(13-14-27(47)48)39-32(51)25(17-19(2)3)42-30(49)22(11-7-9-15-36)40-34(53)29(21(5)45)43-26(46)18-38/h19-25,28-29,45H,6-18,36-38H2,1-5H3,(H,39,51)(H,40,53)(H,41,52)(H,42,49)(H,43,46)(H,44,50)(H,47,48)(H,54,55)/t20-,21+,22-,23-,24-,25-,28-,29-/m0/s1. The number of amides is 6. The zero-order chi connectivity index (χ0) is 42.2. The summed E-state index contributed by atoms with van der Waals surface area (Å²) in [6.45, 7) is 8.38. The van der Waals surface area contributed by atoms with E-state index in [9.17, 15) is 53.7 Å². The fraction of sp³-hybridized carbons (Fsp3) is 0.771. The third-order valence-corrected chi connectivity index (χ3v) is 8.82. The number of aliphatic carboxylic acids is 2. The van der Waals surface area contributed by atoms with Crippen molar-refractivity contribution >= 4 is 47.4 Å². The lowest BCUT2D eigenvalue weighted by Gasteiger charge is -2.29. The van der Waals surface area contributed by atoms with Gasteiger partial charge in [-0.3, -0.25) is 33.6 Å². The van der Waals surface area contributed by atoms with Gasteiger partial charge in [0, 0.05) is 6.42 Å². The molecule has 316 valence electrons. The molecule has 0 saturated carbocycles. The summed E-state index contributed by atoms with van der Waals surface area (Å²) < 4.78 is 0. The molecule has 0 aliphatic carbocycles. The van der Waals surface area contributed by atoms with Crippen molar-refractivity contribution in [2.75, 3.05) is 19.6 Å². The molecule has 6 amide bonds. The van der Waals surface area contributed by atoms with Crippen LogP contribution in [0.2, 0.25) is 0 Å². The molecule has 0 aromatic carbocycles.